The summed E-state index contributed by atoms with van der Waals surface area (Å²) in [5.41, 5.74) is 1.62. The first-order chi connectivity index (χ1) is 17.4. The van der Waals surface area contributed by atoms with Gasteiger partial charge in [0.25, 0.3) is 5.91 Å². The predicted molar refractivity (Wildman–Crippen MR) is 133 cm³/mol. The van der Waals surface area contributed by atoms with Crippen LogP contribution in [0.15, 0.2) is 39.7 Å². The van der Waals surface area contributed by atoms with Crippen LogP contribution >= 0.6 is 0 Å². The number of nitrogens with one attached hydrogen (secondary N) is 1. The lowest BCUT2D eigenvalue weighted by molar-refractivity contribution is -0.129. The fourth-order valence-electron chi connectivity index (χ4n) is 4.55. The molecule has 2 aliphatic rings. The van der Waals surface area contributed by atoms with Crippen LogP contribution in [0.1, 0.15) is 30.1 Å². The highest BCUT2D eigenvalue weighted by Gasteiger charge is 2.37. The maximum atomic E-state index is 13.7. The van der Waals surface area contributed by atoms with Crippen molar-refractivity contribution >= 4 is 29.3 Å². The fourth-order valence-corrected chi connectivity index (χ4v) is 4.55. The lowest BCUT2D eigenvalue weighted by atomic mass is 10.1. The van der Waals surface area contributed by atoms with Crippen LogP contribution in [-0.4, -0.2) is 76.2 Å². The summed E-state index contributed by atoms with van der Waals surface area (Å²) in [6, 6.07) is 7.25. The molecule has 1 fully saturated rings. The molecule has 36 heavy (non-hydrogen) atoms. The summed E-state index contributed by atoms with van der Waals surface area (Å²) in [7, 11) is 3.21. The van der Waals surface area contributed by atoms with Gasteiger partial charge in [0.1, 0.15) is 17.9 Å². The van der Waals surface area contributed by atoms with Gasteiger partial charge in [-0.3, -0.25) is 9.59 Å². The van der Waals surface area contributed by atoms with E-state index in [1.807, 2.05) is 13.0 Å². The van der Waals surface area contributed by atoms with E-state index < -0.39 is 5.76 Å². The van der Waals surface area contributed by atoms with Crippen LogP contribution in [-0.2, 0) is 11.3 Å². The summed E-state index contributed by atoms with van der Waals surface area (Å²) in [6.07, 6.45) is 3.55. The molecule has 0 radical (unpaired) electrons. The van der Waals surface area contributed by atoms with Gasteiger partial charge in [-0.1, -0.05) is 6.07 Å². The van der Waals surface area contributed by atoms with Crippen molar-refractivity contribution in [3.05, 3.63) is 46.6 Å². The van der Waals surface area contributed by atoms with Crippen molar-refractivity contribution in [1.82, 2.24) is 24.6 Å². The van der Waals surface area contributed by atoms with Gasteiger partial charge in [-0.2, -0.15) is 9.67 Å². The third kappa shape index (κ3) is 4.30. The second-order valence-electron chi connectivity index (χ2n) is 9.04. The molecule has 0 spiro atoms. The van der Waals surface area contributed by atoms with E-state index in [-0.39, 0.29) is 30.3 Å². The number of hydrogen-bond acceptors (Lipinski definition) is 9. The number of hydrogen-bond donors (Lipinski definition) is 1. The SMILES string of the molecule is CCNc1ncc2c(n1)N1CCC[C@H]1CN(c1cccc(-c3nn(CC(=O)N(C)C)c(=O)o3)c1)C2=O. The van der Waals surface area contributed by atoms with Crippen LogP contribution in [0.5, 0.6) is 0 Å². The van der Waals surface area contributed by atoms with Crippen LogP contribution in [0.3, 0.4) is 0 Å². The van der Waals surface area contributed by atoms with Gasteiger partial charge in [-0.25, -0.2) is 9.78 Å². The predicted octanol–water partition coefficient (Wildman–Crippen LogP) is 1.44. The summed E-state index contributed by atoms with van der Waals surface area (Å²) >= 11 is 0. The van der Waals surface area contributed by atoms with Gasteiger partial charge in [-0.15, -0.1) is 5.10 Å². The van der Waals surface area contributed by atoms with Crippen LogP contribution in [0.25, 0.3) is 11.5 Å². The zero-order chi connectivity index (χ0) is 25.4. The maximum absolute atomic E-state index is 13.7. The molecule has 1 atom stereocenters. The summed E-state index contributed by atoms with van der Waals surface area (Å²) in [5.74, 6) is 0.0482. The first-order valence-corrected chi connectivity index (χ1v) is 11.9. The van der Waals surface area contributed by atoms with Gasteiger partial charge >= 0.3 is 5.76 Å². The molecule has 188 valence electrons. The summed E-state index contributed by atoms with van der Waals surface area (Å²) in [6.45, 7) is 3.76. The standard InChI is InChI=1S/C24H28N8O4/c1-4-25-23-26-12-18-20(27-23)30-10-6-9-17(30)13-31(22(18)34)16-8-5-7-15(11-16)21-28-32(24(35)36-21)14-19(33)29(2)3/h5,7-8,11-12,17H,4,6,9-10,13-14H2,1-3H3,(H,25,26,27)/t17-/m0/s1. The van der Waals surface area contributed by atoms with Crippen LogP contribution < -0.4 is 20.9 Å². The second-order valence-corrected chi connectivity index (χ2v) is 9.04. The number of anilines is 3. The Hall–Kier alpha value is -4.22. The molecule has 1 saturated heterocycles. The average Bonchev–Trinajstić information content (AvgIpc) is 3.46. The summed E-state index contributed by atoms with van der Waals surface area (Å²) in [4.78, 5) is 52.3. The Balaban J connectivity index is 1.49. The minimum absolute atomic E-state index is 0.0807. The molecule has 4 heterocycles. The molecule has 0 bridgehead atoms. The van der Waals surface area contributed by atoms with Gasteiger partial charge in [-0.05, 0) is 38.0 Å². The van der Waals surface area contributed by atoms with Crippen molar-refractivity contribution < 1.29 is 14.0 Å². The quantitative estimate of drug-likeness (QED) is 0.543. The van der Waals surface area contributed by atoms with E-state index in [1.165, 1.54) is 4.90 Å². The Bertz CT molecular complexity index is 1360. The monoisotopic (exact) mass is 492 g/mol. The van der Waals surface area contributed by atoms with E-state index in [0.717, 1.165) is 24.1 Å². The Morgan fingerprint density at radius 1 is 1.28 bits per heavy atom. The van der Waals surface area contributed by atoms with Crippen molar-refractivity contribution in [3.63, 3.8) is 0 Å². The van der Waals surface area contributed by atoms with E-state index in [4.69, 9.17) is 4.42 Å². The summed E-state index contributed by atoms with van der Waals surface area (Å²) in [5, 5.41) is 7.32. The van der Waals surface area contributed by atoms with E-state index in [9.17, 15) is 14.4 Å². The van der Waals surface area contributed by atoms with Gasteiger partial charge in [0.15, 0.2) is 0 Å². The number of benzene rings is 1. The molecule has 1 N–H and O–H groups in total. The first kappa shape index (κ1) is 23.5. The zero-order valence-electron chi connectivity index (χ0n) is 20.5. The number of aromatic nitrogens is 4. The molecule has 2 aliphatic heterocycles. The number of amides is 2. The normalized spacial score (nSPS) is 17.0. The summed E-state index contributed by atoms with van der Waals surface area (Å²) < 4.78 is 6.32. The maximum Gasteiger partial charge on any atom is 0.437 e. The molecule has 2 aromatic heterocycles. The minimum atomic E-state index is -0.722. The first-order valence-electron chi connectivity index (χ1n) is 11.9. The smallest absolute Gasteiger partial charge is 0.388 e. The van der Waals surface area contributed by atoms with Gasteiger partial charge in [0, 0.05) is 57.2 Å². The largest absolute Gasteiger partial charge is 0.437 e. The molecule has 5 rings (SSSR count). The molecule has 12 heteroatoms. The van der Waals surface area contributed by atoms with E-state index >= 15 is 0 Å². The topological polar surface area (TPSA) is 130 Å². The van der Waals surface area contributed by atoms with E-state index in [2.05, 4.69) is 25.3 Å². The van der Waals surface area contributed by atoms with Crippen molar-refractivity contribution in [3.8, 4) is 11.5 Å². The third-order valence-electron chi connectivity index (χ3n) is 6.42. The highest BCUT2D eigenvalue weighted by molar-refractivity contribution is 6.10. The molecule has 0 unspecified atom stereocenters. The lowest BCUT2D eigenvalue weighted by Gasteiger charge is -2.27. The molecular weight excluding hydrogens is 464 g/mol. The van der Waals surface area contributed by atoms with Gasteiger partial charge in [0.2, 0.25) is 17.7 Å². The number of nitrogens with zero attached hydrogens (tertiary/aromatic N) is 7. The molecule has 0 saturated carbocycles. The van der Waals surface area contributed by atoms with Crippen LogP contribution in [0.2, 0.25) is 0 Å². The van der Waals surface area contributed by atoms with Gasteiger partial charge in [0.05, 0.1) is 0 Å². The fraction of sp³-hybridized carbons (Fsp3) is 0.417. The van der Waals surface area contributed by atoms with E-state index in [0.29, 0.717) is 41.7 Å². The van der Waals surface area contributed by atoms with Crippen molar-refractivity contribution in [2.45, 2.75) is 32.4 Å². The Labute approximate surface area is 207 Å². The molecule has 1 aromatic carbocycles. The number of rotatable bonds is 6. The minimum Gasteiger partial charge on any atom is -0.388 e. The van der Waals surface area contributed by atoms with E-state index in [1.54, 1.807) is 43.4 Å². The highest BCUT2D eigenvalue weighted by Crippen LogP contribution is 2.34. The zero-order valence-corrected chi connectivity index (χ0v) is 20.5. The Kier molecular flexibility index (Phi) is 6.17. The van der Waals surface area contributed by atoms with Crippen LogP contribution in [0, 0.1) is 0 Å². The second kappa shape index (κ2) is 9.44. The average molecular weight is 493 g/mol. The number of carbonyl (C=O) groups is 2. The Morgan fingerprint density at radius 2 is 2.11 bits per heavy atom. The van der Waals surface area contributed by atoms with Crippen molar-refractivity contribution in [2.75, 3.05) is 48.8 Å². The number of likely N-dealkylation sites (N-methyl/N-ethyl adjacent to an activating group) is 1. The molecule has 12 nitrogen and oxygen atoms in total. The molecular formula is C24H28N8O4. The molecule has 2 amide bonds. The Morgan fingerprint density at radius 3 is 2.89 bits per heavy atom. The van der Waals surface area contributed by atoms with Crippen LogP contribution in [0.4, 0.5) is 17.5 Å². The number of fused-ring (bicyclic) bond motifs is 3. The third-order valence-corrected chi connectivity index (χ3v) is 6.42. The number of carbonyl (C=O) groups excluding carboxylic acids is 2. The van der Waals surface area contributed by atoms with Crippen molar-refractivity contribution in [1.29, 1.82) is 0 Å². The lowest BCUT2D eigenvalue weighted by Crippen LogP contribution is -2.39. The highest BCUT2D eigenvalue weighted by atomic mass is 16.4. The molecule has 0 aliphatic carbocycles. The van der Waals surface area contributed by atoms with Crippen molar-refractivity contribution in [2.24, 2.45) is 0 Å². The van der Waals surface area contributed by atoms with Gasteiger partial charge < -0.3 is 24.4 Å². The molecule has 3 aromatic rings.